The molecule has 1 aromatic rings. The van der Waals surface area contributed by atoms with Crippen LogP contribution in [0.25, 0.3) is 0 Å². The van der Waals surface area contributed by atoms with Crippen molar-refractivity contribution < 1.29 is 0 Å². The fraction of sp³-hybridized carbons (Fsp3) is 0.700. The topological polar surface area (TPSA) is 54.7 Å². The Labute approximate surface area is 78.7 Å². The van der Waals surface area contributed by atoms with Crippen molar-refractivity contribution in [2.24, 2.45) is 5.73 Å². The van der Waals surface area contributed by atoms with E-state index in [1.165, 1.54) is 36.9 Å². The molecular weight excluding hydrogens is 162 g/mol. The number of rotatable bonds is 3. The number of nitrogens with zero attached hydrogens (tertiary/aromatic N) is 1. The van der Waals surface area contributed by atoms with Crippen LogP contribution in [-0.4, -0.2) is 16.7 Å². The number of aromatic nitrogens is 2. The highest BCUT2D eigenvalue weighted by Crippen LogP contribution is 2.34. The van der Waals surface area contributed by atoms with Gasteiger partial charge in [-0.15, -0.1) is 0 Å². The van der Waals surface area contributed by atoms with E-state index in [4.69, 9.17) is 5.73 Å². The van der Waals surface area contributed by atoms with Crippen LogP contribution in [0.4, 0.5) is 0 Å². The highest BCUT2D eigenvalue weighted by atomic mass is 15.1. The number of aromatic amines is 1. The molecule has 72 valence electrons. The van der Waals surface area contributed by atoms with Crippen molar-refractivity contribution in [3.05, 3.63) is 17.5 Å². The summed E-state index contributed by atoms with van der Waals surface area (Å²) in [5.74, 6) is 0.726. The minimum atomic E-state index is 0.721. The first-order valence-electron chi connectivity index (χ1n) is 5.14. The second-order valence-electron chi connectivity index (χ2n) is 3.83. The first-order valence-corrected chi connectivity index (χ1v) is 5.14. The van der Waals surface area contributed by atoms with Gasteiger partial charge < -0.3 is 5.73 Å². The normalized spacial score (nSPS) is 18.2. The van der Waals surface area contributed by atoms with Crippen molar-refractivity contribution in [1.29, 1.82) is 0 Å². The van der Waals surface area contributed by atoms with Crippen LogP contribution in [0, 0.1) is 0 Å². The summed E-state index contributed by atoms with van der Waals surface area (Å²) in [5.41, 5.74) is 8.22. The van der Waals surface area contributed by atoms with Crippen LogP contribution in [0.15, 0.2) is 6.20 Å². The van der Waals surface area contributed by atoms with Gasteiger partial charge in [0.15, 0.2) is 0 Å². The summed E-state index contributed by atoms with van der Waals surface area (Å²) in [4.78, 5) is 0. The molecule has 1 heterocycles. The van der Waals surface area contributed by atoms with E-state index in [-0.39, 0.29) is 0 Å². The number of nitrogens with one attached hydrogen (secondary N) is 1. The molecule has 0 bridgehead atoms. The van der Waals surface area contributed by atoms with E-state index in [0.29, 0.717) is 0 Å². The zero-order valence-corrected chi connectivity index (χ0v) is 7.92. The minimum Gasteiger partial charge on any atom is -0.330 e. The molecule has 1 aromatic heterocycles. The maximum Gasteiger partial charge on any atom is 0.0522 e. The quantitative estimate of drug-likeness (QED) is 0.740. The van der Waals surface area contributed by atoms with Gasteiger partial charge >= 0.3 is 0 Å². The Morgan fingerprint density at radius 1 is 1.46 bits per heavy atom. The number of hydrogen-bond acceptors (Lipinski definition) is 2. The third-order valence-electron chi connectivity index (χ3n) is 2.93. The molecule has 13 heavy (non-hydrogen) atoms. The lowest BCUT2D eigenvalue weighted by Gasteiger charge is -2.08. The lowest BCUT2D eigenvalue weighted by Crippen LogP contribution is -2.05. The molecular formula is C10H17N3. The van der Waals surface area contributed by atoms with E-state index in [1.807, 2.05) is 6.20 Å². The second kappa shape index (κ2) is 3.92. The molecule has 0 spiro atoms. The smallest absolute Gasteiger partial charge is 0.0522 e. The Hall–Kier alpha value is -0.830. The molecule has 3 nitrogen and oxygen atoms in total. The molecule has 1 aliphatic carbocycles. The van der Waals surface area contributed by atoms with Gasteiger partial charge in [0.2, 0.25) is 0 Å². The van der Waals surface area contributed by atoms with E-state index in [2.05, 4.69) is 10.2 Å². The third-order valence-corrected chi connectivity index (χ3v) is 2.93. The highest BCUT2D eigenvalue weighted by Gasteiger charge is 2.20. The van der Waals surface area contributed by atoms with Crippen LogP contribution in [-0.2, 0) is 6.42 Å². The van der Waals surface area contributed by atoms with Gasteiger partial charge in [-0.1, -0.05) is 12.8 Å². The lowest BCUT2D eigenvalue weighted by molar-refractivity contribution is 0.683. The summed E-state index contributed by atoms with van der Waals surface area (Å²) in [6.07, 6.45) is 8.26. The van der Waals surface area contributed by atoms with E-state index in [9.17, 15) is 0 Å². The Kier molecular flexibility index (Phi) is 2.64. The summed E-state index contributed by atoms with van der Waals surface area (Å²) < 4.78 is 0. The van der Waals surface area contributed by atoms with Crippen molar-refractivity contribution in [2.45, 2.75) is 38.0 Å². The van der Waals surface area contributed by atoms with Crippen LogP contribution in [0.2, 0.25) is 0 Å². The van der Waals surface area contributed by atoms with Crippen molar-refractivity contribution >= 4 is 0 Å². The Morgan fingerprint density at radius 3 is 2.92 bits per heavy atom. The van der Waals surface area contributed by atoms with E-state index >= 15 is 0 Å². The summed E-state index contributed by atoms with van der Waals surface area (Å²) in [6, 6.07) is 0. The van der Waals surface area contributed by atoms with E-state index in [1.54, 1.807) is 0 Å². The van der Waals surface area contributed by atoms with Gasteiger partial charge in [-0.3, -0.25) is 5.10 Å². The van der Waals surface area contributed by atoms with Crippen molar-refractivity contribution in [3.8, 4) is 0 Å². The maximum atomic E-state index is 5.55. The zero-order chi connectivity index (χ0) is 9.10. The molecule has 2 rings (SSSR count). The number of nitrogens with two attached hydrogens (primary N) is 1. The standard InChI is InChI=1S/C10H17N3/c11-6-5-9-7-12-13-10(9)8-3-1-2-4-8/h7-8H,1-6,11H2,(H,12,13). The van der Waals surface area contributed by atoms with Crippen LogP contribution < -0.4 is 5.73 Å². The first-order chi connectivity index (χ1) is 6.42. The second-order valence-corrected chi connectivity index (χ2v) is 3.83. The van der Waals surface area contributed by atoms with Crippen LogP contribution >= 0.6 is 0 Å². The van der Waals surface area contributed by atoms with Crippen LogP contribution in [0.1, 0.15) is 42.9 Å². The van der Waals surface area contributed by atoms with Crippen LogP contribution in [0.3, 0.4) is 0 Å². The first kappa shape index (κ1) is 8.75. The summed E-state index contributed by atoms with van der Waals surface area (Å²) in [6.45, 7) is 0.721. The van der Waals surface area contributed by atoms with Gasteiger partial charge in [-0.05, 0) is 31.4 Å². The summed E-state index contributed by atoms with van der Waals surface area (Å²) in [5, 5.41) is 7.23. The average molecular weight is 179 g/mol. The molecule has 0 atom stereocenters. The number of H-pyrrole nitrogens is 1. The lowest BCUT2D eigenvalue weighted by atomic mass is 9.99. The van der Waals surface area contributed by atoms with Crippen molar-refractivity contribution in [2.75, 3.05) is 6.54 Å². The Morgan fingerprint density at radius 2 is 2.23 bits per heavy atom. The Balaban J connectivity index is 2.13. The highest BCUT2D eigenvalue weighted by molar-refractivity contribution is 5.21. The van der Waals surface area contributed by atoms with E-state index < -0.39 is 0 Å². The van der Waals surface area contributed by atoms with Crippen molar-refractivity contribution in [1.82, 2.24) is 10.2 Å². The zero-order valence-electron chi connectivity index (χ0n) is 7.92. The molecule has 1 saturated carbocycles. The van der Waals surface area contributed by atoms with E-state index in [0.717, 1.165) is 18.9 Å². The molecule has 0 aliphatic heterocycles. The van der Waals surface area contributed by atoms with Gasteiger partial charge in [0.25, 0.3) is 0 Å². The molecule has 0 unspecified atom stereocenters. The average Bonchev–Trinajstić information content (AvgIpc) is 2.71. The molecule has 3 heteroatoms. The summed E-state index contributed by atoms with van der Waals surface area (Å²) >= 11 is 0. The molecule has 1 aliphatic rings. The largest absolute Gasteiger partial charge is 0.330 e. The maximum absolute atomic E-state index is 5.55. The van der Waals surface area contributed by atoms with Gasteiger partial charge in [-0.2, -0.15) is 5.10 Å². The monoisotopic (exact) mass is 179 g/mol. The fourth-order valence-electron chi connectivity index (χ4n) is 2.24. The predicted molar refractivity (Wildman–Crippen MR) is 52.6 cm³/mol. The fourth-order valence-corrected chi connectivity index (χ4v) is 2.24. The molecule has 3 N–H and O–H groups in total. The predicted octanol–water partition coefficient (Wildman–Crippen LogP) is 1.57. The molecule has 0 saturated heterocycles. The van der Waals surface area contributed by atoms with Crippen molar-refractivity contribution in [3.63, 3.8) is 0 Å². The molecule has 0 radical (unpaired) electrons. The number of hydrogen-bond donors (Lipinski definition) is 2. The SMILES string of the molecule is NCCc1cn[nH]c1C1CCCC1. The van der Waals surface area contributed by atoms with Gasteiger partial charge in [0.05, 0.1) is 6.20 Å². The minimum absolute atomic E-state index is 0.721. The van der Waals surface area contributed by atoms with Gasteiger partial charge in [0, 0.05) is 11.6 Å². The van der Waals surface area contributed by atoms with Gasteiger partial charge in [-0.25, -0.2) is 0 Å². The molecule has 1 fully saturated rings. The van der Waals surface area contributed by atoms with Gasteiger partial charge in [0.1, 0.15) is 0 Å². The van der Waals surface area contributed by atoms with Crippen LogP contribution in [0.5, 0.6) is 0 Å². The Bertz CT molecular complexity index is 261. The molecule has 0 aromatic carbocycles. The third kappa shape index (κ3) is 1.75. The molecule has 0 amide bonds. The summed E-state index contributed by atoms with van der Waals surface area (Å²) in [7, 11) is 0.